The van der Waals surface area contributed by atoms with Crippen LogP contribution in [0.4, 0.5) is 0 Å². The maximum Gasteiger partial charge on any atom is 0.167 e. The molecule has 1 aromatic carbocycles. The van der Waals surface area contributed by atoms with Gasteiger partial charge in [-0.25, -0.2) is 0 Å². The van der Waals surface area contributed by atoms with E-state index < -0.39 is 0 Å². The average molecular weight is 316 g/mol. The summed E-state index contributed by atoms with van der Waals surface area (Å²) in [6.45, 7) is 9.20. The summed E-state index contributed by atoms with van der Waals surface area (Å²) in [5.41, 5.74) is 3.44. The van der Waals surface area contributed by atoms with E-state index in [0.29, 0.717) is 5.11 Å². The second-order valence-electron chi connectivity index (χ2n) is 5.50. The Morgan fingerprint density at radius 3 is 2.41 bits per heavy atom. The van der Waals surface area contributed by atoms with Gasteiger partial charge in [-0.05, 0) is 45.5 Å². The van der Waals surface area contributed by atoms with E-state index in [9.17, 15) is 0 Å². The van der Waals surface area contributed by atoms with Crippen LogP contribution in [0.5, 0.6) is 0 Å². The van der Waals surface area contributed by atoms with Crippen LogP contribution in [0.1, 0.15) is 49.7 Å². The van der Waals surface area contributed by atoms with Crippen molar-refractivity contribution >= 4 is 17.3 Å². The second kappa shape index (κ2) is 7.40. The highest BCUT2D eigenvalue weighted by atomic mass is 32.1. The fraction of sp³-hybridized carbons (Fsp3) is 0.412. The van der Waals surface area contributed by atoms with Crippen LogP contribution in [0, 0.1) is 6.92 Å². The van der Waals surface area contributed by atoms with Crippen LogP contribution in [-0.4, -0.2) is 14.9 Å². The van der Waals surface area contributed by atoms with Gasteiger partial charge in [0.2, 0.25) is 0 Å². The zero-order chi connectivity index (χ0) is 16.1. The highest BCUT2D eigenvalue weighted by Gasteiger charge is 2.14. The van der Waals surface area contributed by atoms with Gasteiger partial charge >= 0.3 is 0 Å². The van der Waals surface area contributed by atoms with Crippen LogP contribution >= 0.6 is 12.2 Å². The van der Waals surface area contributed by atoms with Gasteiger partial charge in [-0.15, -0.1) is 0 Å². The number of aryl methyl sites for hydroxylation is 2. The zero-order valence-electron chi connectivity index (χ0n) is 13.6. The normalized spacial score (nSPS) is 13.5. The maximum atomic E-state index is 5.44. The second-order valence-corrected chi connectivity index (χ2v) is 5.91. The van der Waals surface area contributed by atoms with E-state index in [-0.39, 0.29) is 12.1 Å². The number of nitrogens with zero attached hydrogens (tertiary/aromatic N) is 2. The van der Waals surface area contributed by atoms with Crippen LogP contribution in [0.3, 0.4) is 0 Å². The van der Waals surface area contributed by atoms with Crippen LogP contribution < -0.4 is 10.6 Å². The molecule has 0 aliphatic heterocycles. The molecular formula is C17H24N4S. The average Bonchev–Trinajstić information content (AvgIpc) is 2.89. The van der Waals surface area contributed by atoms with Crippen molar-refractivity contribution in [2.75, 3.05) is 0 Å². The smallest absolute Gasteiger partial charge is 0.167 e. The summed E-state index contributed by atoms with van der Waals surface area (Å²) in [6, 6.07) is 10.6. The summed E-state index contributed by atoms with van der Waals surface area (Å²) in [7, 11) is 0. The van der Waals surface area contributed by atoms with Gasteiger partial charge in [0.1, 0.15) is 0 Å². The quantitative estimate of drug-likeness (QED) is 0.829. The SMILES string of the molecule is CCn1cc(C(C)NC(=S)NC(C)c2ccccc2)c(C)n1. The third-order valence-electron chi connectivity index (χ3n) is 3.77. The van der Waals surface area contributed by atoms with E-state index in [0.717, 1.165) is 12.2 Å². The predicted octanol–water partition coefficient (Wildman–Crippen LogP) is 3.50. The Bertz CT molecular complexity index is 621. The Morgan fingerprint density at radius 2 is 1.82 bits per heavy atom. The van der Waals surface area contributed by atoms with Crippen molar-refractivity contribution in [3.8, 4) is 0 Å². The Labute approximate surface area is 137 Å². The topological polar surface area (TPSA) is 41.9 Å². The minimum absolute atomic E-state index is 0.128. The molecule has 2 aromatic rings. The van der Waals surface area contributed by atoms with Gasteiger partial charge in [0.25, 0.3) is 0 Å². The lowest BCUT2D eigenvalue weighted by molar-refractivity contribution is 0.645. The van der Waals surface area contributed by atoms with Crippen LogP contribution in [-0.2, 0) is 6.54 Å². The van der Waals surface area contributed by atoms with Crippen molar-refractivity contribution in [2.45, 2.75) is 46.3 Å². The van der Waals surface area contributed by atoms with Gasteiger partial charge in [-0.1, -0.05) is 30.3 Å². The molecular weight excluding hydrogens is 292 g/mol. The minimum Gasteiger partial charge on any atom is -0.356 e. The molecule has 0 spiro atoms. The molecule has 0 aliphatic rings. The fourth-order valence-corrected chi connectivity index (χ4v) is 2.81. The van der Waals surface area contributed by atoms with Crippen molar-refractivity contribution in [3.05, 3.63) is 53.3 Å². The largest absolute Gasteiger partial charge is 0.356 e. The van der Waals surface area contributed by atoms with Gasteiger partial charge in [-0.2, -0.15) is 5.10 Å². The number of hydrogen-bond donors (Lipinski definition) is 2. The Morgan fingerprint density at radius 1 is 1.18 bits per heavy atom. The van der Waals surface area contributed by atoms with Gasteiger partial charge < -0.3 is 10.6 Å². The first kappa shape index (κ1) is 16.5. The summed E-state index contributed by atoms with van der Waals surface area (Å²) >= 11 is 5.44. The molecule has 4 nitrogen and oxygen atoms in total. The molecule has 0 radical (unpaired) electrons. The molecule has 0 bridgehead atoms. The molecule has 2 unspecified atom stereocenters. The molecule has 2 N–H and O–H groups in total. The van der Waals surface area contributed by atoms with Gasteiger partial charge in [-0.3, -0.25) is 4.68 Å². The maximum absolute atomic E-state index is 5.44. The number of thiocarbonyl (C=S) groups is 1. The summed E-state index contributed by atoms with van der Waals surface area (Å²) < 4.78 is 1.95. The van der Waals surface area contributed by atoms with E-state index in [1.165, 1.54) is 11.1 Å². The van der Waals surface area contributed by atoms with Crippen molar-refractivity contribution in [1.82, 2.24) is 20.4 Å². The minimum atomic E-state index is 0.128. The van der Waals surface area contributed by atoms with E-state index in [4.69, 9.17) is 12.2 Å². The number of benzene rings is 1. The van der Waals surface area contributed by atoms with Crippen molar-refractivity contribution < 1.29 is 0 Å². The fourth-order valence-electron chi connectivity index (χ4n) is 2.46. The number of hydrogen-bond acceptors (Lipinski definition) is 2. The van der Waals surface area contributed by atoms with Crippen LogP contribution in [0.15, 0.2) is 36.5 Å². The van der Waals surface area contributed by atoms with Gasteiger partial charge in [0, 0.05) is 18.3 Å². The molecule has 1 aromatic heterocycles. The molecule has 0 saturated heterocycles. The standard InChI is InChI=1S/C17H24N4S/c1-5-21-11-16(14(4)20-21)13(3)19-17(22)18-12(2)15-9-7-6-8-10-15/h6-13H,5H2,1-4H3,(H2,18,19,22). The first-order chi connectivity index (χ1) is 10.5. The van der Waals surface area contributed by atoms with Crippen molar-refractivity contribution in [3.63, 3.8) is 0 Å². The predicted molar refractivity (Wildman–Crippen MR) is 94.8 cm³/mol. The van der Waals surface area contributed by atoms with Gasteiger partial charge in [0.15, 0.2) is 5.11 Å². The first-order valence-electron chi connectivity index (χ1n) is 7.67. The van der Waals surface area contributed by atoms with E-state index in [1.807, 2.05) is 29.8 Å². The lowest BCUT2D eigenvalue weighted by Gasteiger charge is -2.20. The van der Waals surface area contributed by atoms with Gasteiger partial charge in [0.05, 0.1) is 17.8 Å². The molecule has 2 rings (SSSR count). The molecule has 5 heteroatoms. The Kier molecular flexibility index (Phi) is 5.55. The molecule has 2 atom stereocenters. The Balaban J connectivity index is 1.95. The number of rotatable bonds is 5. The summed E-state index contributed by atoms with van der Waals surface area (Å²) in [5, 5.41) is 11.8. The van der Waals surface area contributed by atoms with Crippen LogP contribution in [0.25, 0.3) is 0 Å². The first-order valence-corrected chi connectivity index (χ1v) is 8.08. The molecule has 0 amide bonds. The third kappa shape index (κ3) is 4.07. The molecule has 0 aliphatic carbocycles. The van der Waals surface area contributed by atoms with E-state index in [2.05, 4.69) is 54.8 Å². The lowest BCUT2D eigenvalue weighted by atomic mass is 10.1. The molecule has 0 saturated carbocycles. The summed E-state index contributed by atoms with van der Waals surface area (Å²) in [4.78, 5) is 0. The van der Waals surface area contributed by atoms with Crippen molar-refractivity contribution in [2.24, 2.45) is 0 Å². The highest BCUT2D eigenvalue weighted by molar-refractivity contribution is 7.80. The zero-order valence-corrected chi connectivity index (χ0v) is 14.4. The Hall–Kier alpha value is -1.88. The number of aromatic nitrogens is 2. The molecule has 22 heavy (non-hydrogen) atoms. The monoisotopic (exact) mass is 316 g/mol. The number of nitrogens with one attached hydrogen (secondary N) is 2. The third-order valence-corrected chi connectivity index (χ3v) is 4.01. The molecule has 1 heterocycles. The van der Waals surface area contributed by atoms with E-state index in [1.54, 1.807) is 0 Å². The summed E-state index contributed by atoms with van der Waals surface area (Å²) in [6.07, 6.45) is 2.08. The van der Waals surface area contributed by atoms with Crippen molar-refractivity contribution in [1.29, 1.82) is 0 Å². The highest BCUT2D eigenvalue weighted by Crippen LogP contribution is 2.16. The molecule has 118 valence electrons. The summed E-state index contributed by atoms with van der Waals surface area (Å²) in [5.74, 6) is 0. The van der Waals surface area contributed by atoms with E-state index >= 15 is 0 Å². The lowest BCUT2D eigenvalue weighted by Crippen LogP contribution is -2.38. The van der Waals surface area contributed by atoms with Crippen LogP contribution in [0.2, 0.25) is 0 Å². The molecule has 0 fully saturated rings.